The van der Waals surface area contributed by atoms with Crippen LogP contribution >= 0.6 is 11.3 Å². The molecule has 0 aromatic carbocycles. The third kappa shape index (κ3) is 1.04. The fourth-order valence-corrected chi connectivity index (χ4v) is 1.99. The molecule has 0 aliphatic carbocycles. The van der Waals surface area contributed by atoms with Crippen molar-refractivity contribution in [3.05, 3.63) is 23.5 Å². The van der Waals surface area contributed by atoms with Gasteiger partial charge in [-0.15, -0.1) is 11.3 Å². The predicted octanol–water partition coefficient (Wildman–Crippen LogP) is 0.897. The van der Waals surface area contributed by atoms with E-state index in [-0.39, 0.29) is 0 Å². The average Bonchev–Trinajstić information content (AvgIpc) is 2.53. The standard InChI is InChI=1S/C7H9N3S/c8-2-1-6-5-11-7-9-3-4-10(6)7/h3-5H,1-2,8H2. The van der Waals surface area contributed by atoms with Gasteiger partial charge >= 0.3 is 0 Å². The SMILES string of the molecule is NCCc1csc2nccn12. The largest absolute Gasteiger partial charge is 0.330 e. The maximum absolute atomic E-state index is 5.45. The number of hydrogen-bond acceptors (Lipinski definition) is 3. The molecule has 0 fully saturated rings. The molecule has 11 heavy (non-hydrogen) atoms. The summed E-state index contributed by atoms with van der Waals surface area (Å²) in [6.45, 7) is 0.698. The number of imidazole rings is 1. The Bertz CT molecular complexity index is 349. The molecular weight excluding hydrogens is 158 g/mol. The second kappa shape index (κ2) is 2.64. The van der Waals surface area contributed by atoms with Gasteiger partial charge in [-0.2, -0.15) is 0 Å². The van der Waals surface area contributed by atoms with E-state index in [1.54, 1.807) is 11.3 Å². The molecule has 2 N–H and O–H groups in total. The zero-order chi connectivity index (χ0) is 7.68. The highest BCUT2D eigenvalue weighted by Gasteiger charge is 2.01. The van der Waals surface area contributed by atoms with Crippen LogP contribution < -0.4 is 5.73 Å². The molecule has 0 aliphatic rings. The summed E-state index contributed by atoms with van der Waals surface area (Å²) >= 11 is 1.66. The Morgan fingerprint density at radius 1 is 1.64 bits per heavy atom. The minimum absolute atomic E-state index is 0.698. The first kappa shape index (κ1) is 6.82. The third-order valence-corrected chi connectivity index (χ3v) is 2.52. The number of thiazole rings is 1. The summed E-state index contributed by atoms with van der Waals surface area (Å²) in [6, 6.07) is 0. The Hall–Kier alpha value is -0.870. The van der Waals surface area contributed by atoms with E-state index in [0.717, 1.165) is 11.4 Å². The van der Waals surface area contributed by atoms with Crippen molar-refractivity contribution in [2.75, 3.05) is 6.54 Å². The molecule has 0 bridgehead atoms. The van der Waals surface area contributed by atoms with Crippen molar-refractivity contribution in [2.45, 2.75) is 6.42 Å². The molecule has 0 saturated carbocycles. The van der Waals surface area contributed by atoms with Crippen LogP contribution in [-0.4, -0.2) is 15.9 Å². The van der Waals surface area contributed by atoms with E-state index in [1.165, 1.54) is 5.69 Å². The molecule has 2 heterocycles. The van der Waals surface area contributed by atoms with Gasteiger partial charge in [-0.3, -0.25) is 4.40 Å². The molecule has 58 valence electrons. The second-order valence-electron chi connectivity index (χ2n) is 2.35. The molecule has 0 unspecified atom stereocenters. The molecule has 0 radical (unpaired) electrons. The molecule has 2 aromatic heterocycles. The monoisotopic (exact) mass is 167 g/mol. The van der Waals surface area contributed by atoms with Crippen molar-refractivity contribution in [3.8, 4) is 0 Å². The summed E-state index contributed by atoms with van der Waals surface area (Å²) in [6.07, 6.45) is 4.71. The van der Waals surface area contributed by atoms with E-state index in [4.69, 9.17) is 5.73 Å². The van der Waals surface area contributed by atoms with Crippen LogP contribution in [0.15, 0.2) is 17.8 Å². The van der Waals surface area contributed by atoms with Crippen molar-refractivity contribution in [1.29, 1.82) is 0 Å². The average molecular weight is 167 g/mol. The quantitative estimate of drug-likeness (QED) is 0.722. The van der Waals surface area contributed by atoms with Gasteiger partial charge in [-0.1, -0.05) is 0 Å². The molecule has 0 atom stereocenters. The first-order valence-corrected chi connectivity index (χ1v) is 4.39. The van der Waals surface area contributed by atoms with Gasteiger partial charge in [0.25, 0.3) is 0 Å². The number of nitrogens with zero attached hydrogens (tertiary/aromatic N) is 2. The summed E-state index contributed by atoms with van der Waals surface area (Å²) in [5.74, 6) is 0. The number of nitrogens with two attached hydrogens (primary N) is 1. The van der Waals surface area contributed by atoms with Crippen LogP contribution in [-0.2, 0) is 6.42 Å². The molecule has 0 spiro atoms. The van der Waals surface area contributed by atoms with Crippen LogP contribution in [0.1, 0.15) is 5.69 Å². The number of aromatic nitrogens is 2. The highest BCUT2D eigenvalue weighted by molar-refractivity contribution is 7.15. The number of rotatable bonds is 2. The Morgan fingerprint density at radius 2 is 2.55 bits per heavy atom. The fraction of sp³-hybridized carbons (Fsp3) is 0.286. The number of hydrogen-bond donors (Lipinski definition) is 1. The normalized spacial score (nSPS) is 11.0. The van der Waals surface area contributed by atoms with Gasteiger partial charge in [0, 0.05) is 29.9 Å². The minimum Gasteiger partial charge on any atom is -0.330 e. The summed E-state index contributed by atoms with van der Waals surface area (Å²) in [5.41, 5.74) is 6.71. The van der Waals surface area contributed by atoms with Gasteiger partial charge in [0.2, 0.25) is 0 Å². The lowest BCUT2D eigenvalue weighted by atomic mass is 10.3. The van der Waals surface area contributed by atoms with E-state index in [9.17, 15) is 0 Å². The number of fused-ring (bicyclic) bond motifs is 1. The molecule has 2 aromatic rings. The third-order valence-electron chi connectivity index (χ3n) is 1.62. The van der Waals surface area contributed by atoms with Crippen molar-refractivity contribution >= 4 is 16.3 Å². The van der Waals surface area contributed by atoms with E-state index >= 15 is 0 Å². The first-order valence-electron chi connectivity index (χ1n) is 3.51. The van der Waals surface area contributed by atoms with Gasteiger partial charge in [0.1, 0.15) is 0 Å². The van der Waals surface area contributed by atoms with Crippen LogP contribution in [0.5, 0.6) is 0 Å². The Labute approximate surface area is 68.5 Å². The van der Waals surface area contributed by atoms with Crippen LogP contribution in [0.3, 0.4) is 0 Å². The van der Waals surface area contributed by atoms with Gasteiger partial charge in [-0.25, -0.2) is 4.98 Å². The lowest BCUT2D eigenvalue weighted by molar-refractivity contribution is 0.909. The molecule has 2 rings (SSSR count). The fourth-order valence-electron chi connectivity index (χ4n) is 1.10. The highest BCUT2D eigenvalue weighted by Crippen LogP contribution is 2.13. The van der Waals surface area contributed by atoms with Gasteiger partial charge in [-0.05, 0) is 6.54 Å². The highest BCUT2D eigenvalue weighted by atomic mass is 32.1. The van der Waals surface area contributed by atoms with Crippen LogP contribution in [0.4, 0.5) is 0 Å². The van der Waals surface area contributed by atoms with Crippen molar-refractivity contribution in [3.63, 3.8) is 0 Å². The van der Waals surface area contributed by atoms with Crippen molar-refractivity contribution < 1.29 is 0 Å². The Balaban J connectivity index is 2.51. The first-order chi connectivity index (χ1) is 5.42. The molecule has 0 saturated heterocycles. The minimum atomic E-state index is 0.698. The smallest absolute Gasteiger partial charge is 0.193 e. The van der Waals surface area contributed by atoms with Crippen molar-refractivity contribution in [2.24, 2.45) is 5.73 Å². The zero-order valence-corrected chi connectivity index (χ0v) is 6.84. The molecule has 4 heteroatoms. The zero-order valence-electron chi connectivity index (χ0n) is 6.03. The molecule has 3 nitrogen and oxygen atoms in total. The summed E-state index contributed by atoms with van der Waals surface area (Å²) in [4.78, 5) is 5.21. The van der Waals surface area contributed by atoms with Crippen LogP contribution in [0.25, 0.3) is 4.96 Å². The van der Waals surface area contributed by atoms with Gasteiger partial charge in [0.05, 0.1) is 0 Å². The second-order valence-corrected chi connectivity index (χ2v) is 3.18. The van der Waals surface area contributed by atoms with E-state index < -0.39 is 0 Å². The summed E-state index contributed by atoms with van der Waals surface area (Å²) in [5, 5.41) is 2.11. The molecular formula is C7H9N3S. The van der Waals surface area contributed by atoms with E-state index in [1.807, 2.05) is 12.4 Å². The van der Waals surface area contributed by atoms with Crippen LogP contribution in [0, 0.1) is 0 Å². The van der Waals surface area contributed by atoms with Crippen LogP contribution in [0.2, 0.25) is 0 Å². The van der Waals surface area contributed by atoms with E-state index in [0.29, 0.717) is 6.54 Å². The van der Waals surface area contributed by atoms with Crippen molar-refractivity contribution in [1.82, 2.24) is 9.38 Å². The Morgan fingerprint density at radius 3 is 3.36 bits per heavy atom. The molecule has 0 amide bonds. The predicted molar refractivity (Wildman–Crippen MR) is 45.8 cm³/mol. The molecule has 0 aliphatic heterocycles. The van der Waals surface area contributed by atoms with E-state index in [2.05, 4.69) is 14.8 Å². The Kier molecular flexibility index (Phi) is 1.63. The summed E-state index contributed by atoms with van der Waals surface area (Å²) in [7, 11) is 0. The lowest BCUT2D eigenvalue weighted by Gasteiger charge is -1.93. The maximum Gasteiger partial charge on any atom is 0.193 e. The lowest BCUT2D eigenvalue weighted by Crippen LogP contribution is -2.04. The topological polar surface area (TPSA) is 43.3 Å². The van der Waals surface area contributed by atoms with Gasteiger partial charge in [0.15, 0.2) is 4.96 Å². The maximum atomic E-state index is 5.45. The van der Waals surface area contributed by atoms with Gasteiger partial charge < -0.3 is 5.73 Å². The summed E-state index contributed by atoms with van der Waals surface area (Å²) < 4.78 is 2.08.